The first-order chi connectivity index (χ1) is 20.9. The van der Waals surface area contributed by atoms with Crippen molar-refractivity contribution in [2.45, 2.75) is 38.1 Å². The summed E-state index contributed by atoms with van der Waals surface area (Å²) in [5.41, 5.74) is 2.26. The Morgan fingerprint density at radius 1 is 1.09 bits per heavy atom. The normalized spacial score (nSPS) is 15.2. The Morgan fingerprint density at radius 3 is 2.45 bits per heavy atom. The molecule has 3 N–H and O–H groups in total. The minimum Gasteiger partial charge on any atom is -0.367 e. The van der Waals surface area contributed by atoms with Crippen molar-refractivity contribution in [3.63, 3.8) is 0 Å². The van der Waals surface area contributed by atoms with Gasteiger partial charge in [0.1, 0.15) is 24.0 Å². The first kappa shape index (κ1) is 32.9. The fourth-order valence-corrected chi connectivity index (χ4v) is 5.19. The van der Waals surface area contributed by atoms with Crippen LogP contribution in [0.25, 0.3) is 11.1 Å². The third-order valence-electron chi connectivity index (χ3n) is 7.07. The van der Waals surface area contributed by atoms with Crippen LogP contribution in [0.2, 0.25) is 0 Å². The number of anilines is 1. The molecule has 1 fully saturated rings. The quantitative estimate of drug-likeness (QED) is 0.189. The van der Waals surface area contributed by atoms with E-state index in [1.165, 1.54) is 0 Å². The summed E-state index contributed by atoms with van der Waals surface area (Å²) in [6.45, 7) is 1.42. The number of nitriles is 1. The summed E-state index contributed by atoms with van der Waals surface area (Å²) in [4.78, 5) is 17.5. The van der Waals surface area contributed by atoms with E-state index in [0.717, 1.165) is 30.9 Å². The largest absolute Gasteiger partial charge is 0.433 e. The van der Waals surface area contributed by atoms with Gasteiger partial charge >= 0.3 is 6.18 Å². The molecule has 4 rings (SSSR count). The van der Waals surface area contributed by atoms with Gasteiger partial charge in [-0.15, -0.1) is 0 Å². The van der Waals surface area contributed by atoms with Crippen LogP contribution in [0.1, 0.15) is 35.2 Å². The van der Waals surface area contributed by atoms with Gasteiger partial charge in [0.2, 0.25) is 5.91 Å². The summed E-state index contributed by atoms with van der Waals surface area (Å²) < 4.78 is 77.0. The van der Waals surface area contributed by atoms with Gasteiger partial charge in [0.25, 0.3) is 10.1 Å². The zero-order chi connectivity index (χ0) is 31.7. The minimum atomic E-state index is -4.64. The Morgan fingerprint density at radius 2 is 1.80 bits per heavy atom. The molecule has 1 amide bonds. The number of nitrogens with one attached hydrogen (secondary N) is 2. The van der Waals surface area contributed by atoms with Gasteiger partial charge in [-0.05, 0) is 72.3 Å². The summed E-state index contributed by atoms with van der Waals surface area (Å²) in [7, 11) is -4.34. The van der Waals surface area contributed by atoms with Crippen LogP contribution in [0.5, 0.6) is 0 Å². The van der Waals surface area contributed by atoms with Crippen LogP contribution < -0.4 is 15.5 Å². The number of halogens is 3. The summed E-state index contributed by atoms with van der Waals surface area (Å²) in [5, 5.41) is 14.3. The van der Waals surface area contributed by atoms with E-state index in [9.17, 15) is 26.4 Å². The van der Waals surface area contributed by atoms with Gasteiger partial charge < -0.3 is 20.3 Å². The molecule has 1 aliphatic rings. The molecule has 0 radical (unpaired) electrons. The number of amides is 1. The van der Waals surface area contributed by atoms with Crippen molar-refractivity contribution >= 4 is 21.8 Å². The van der Waals surface area contributed by atoms with Crippen LogP contribution in [0.3, 0.4) is 0 Å². The van der Waals surface area contributed by atoms with Crippen LogP contribution >= 0.6 is 0 Å². The average molecular weight is 632 g/mol. The van der Waals surface area contributed by atoms with Gasteiger partial charge in [-0.1, -0.05) is 36.4 Å². The number of rotatable bonds is 13. The van der Waals surface area contributed by atoms with Crippen molar-refractivity contribution in [2.75, 3.05) is 37.0 Å². The molecule has 14 heteroatoms. The second kappa shape index (κ2) is 14.6. The lowest BCUT2D eigenvalue weighted by Crippen LogP contribution is -2.39. The van der Waals surface area contributed by atoms with E-state index in [4.69, 9.17) is 14.6 Å². The molecule has 0 saturated carbocycles. The van der Waals surface area contributed by atoms with Gasteiger partial charge in [-0.3, -0.25) is 9.35 Å². The Balaban J connectivity index is 1.39. The van der Waals surface area contributed by atoms with E-state index in [1.807, 2.05) is 22.3 Å². The van der Waals surface area contributed by atoms with Crippen molar-refractivity contribution in [1.29, 1.82) is 5.26 Å². The number of carbonyl (C=O) groups is 1. The molecule has 0 spiro atoms. The highest BCUT2D eigenvalue weighted by atomic mass is 32.2. The second-order valence-electron chi connectivity index (χ2n) is 10.4. The van der Waals surface area contributed by atoms with E-state index in [1.54, 1.807) is 42.5 Å². The monoisotopic (exact) mass is 631 g/mol. The number of nitrogens with zero attached hydrogens (tertiary/aromatic N) is 3. The molecule has 2 heterocycles. The fourth-order valence-electron chi connectivity index (χ4n) is 4.85. The molecule has 0 bridgehead atoms. The predicted octanol–water partition coefficient (Wildman–Crippen LogP) is 3.92. The topological polar surface area (TPSA) is 145 Å². The van der Waals surface area contributed by atoms with Crippen LogP contribution in [0.15, 0.2) is 60.7 Å². The molecule has 1 saturated heterocycles. The van der Waals surface area contributed by atoms with E-state index in [2.05, 4.69) is 16.4 Å². The maximum atomic E-state index is 13.9. The molecular formula is C30H32F3N5O5S. The summed E-state index contributed by atoms with van der Waals surface area (Å²) in [6, 6.07) is 18.7. The fraction of sp³-hybridized carbons (Fsp3) is 0.367. The first-order valence-electron chi connectivity index (χ1n) is 13.9. The zero-order valence-corrected chi connectivity index (χ0v) is 24.5. The molecule has 3 aromatic rings. The molecule has 44 heavy (non-hydrogen) atoms. The second-order valence-corrected chi connectivity index (χ2v) is 11.8. The maximum absolute atomic E-state index is 13.9. The number of ether oxygens (including phenoxy) is 1. The molecule has 234 valence electrons. The number of hydrogen-bond acceptors (Lipinski definition) is 8. The number of aromatic nitrogens is 1. The summed E-state index contributed by atoms with van der Waals surface area (Å²) in [5.74, 6) is -1.40. The van der Waals surface area contributed by atoms with Gasteiger partial charge in [0, 0.05) is 19.1 Å². The Bertz CT molecular complexity index is 1580. The smallest absolute Gasteiger partial charge is 0.367 e. The van der Waals surface area contributed by atoms with Crippen LogP contribution in [0, 0.1) is 11.3 Å². The van der Waals surface area contributed by atoms with Crippen LogP contribution in [0.4, 0.5) is 19.0 Å². The Labute approximate surface area is 253 Å². The van der Waals surface area contributed by atoms with Crippen molar-refractivity contribution in [3.05, 3.63) is 83.0 Å². The first-order valence-corrected chi connectivity index (χ1v) is 15.5. The molecule has 2 aromatic carbocycles. The third kappa shape index (κ3) is 9.75. The van der Waals surface area contributed by atoms with Crippen molar-refractivity contribution in [1.82, 2.24) is 15.6 Å². The van der Waals surface area contributed by atoms with Gasteiger partial charge in [-0.2, -0.15) is 26.9 Å². The number of hydrogen-bond donors (Lipinski definition) is 3. The van der Waals surface area contributed by atoms with Gasteiger partial charge in [-0.25, -0.2) is 4.98 Å². The number of pyridine rings is 1. The molecule has 0 aliphatic carbocycles. The lowest BCUT2D eigenvalue weighted by Gasteiger charge is -2.27. The average Bonchev–Trinajstić information content (AvgIpc) is 3.46. The lowest BCUT2D eigenvalue weighted by atomic mass is 10.0. The van der Waals surface area contributed by atoms with Gasteiger partial charge in [0.15, 0.2) is 0 Å². The predicted molar refractivity (Wildman–Crippen MR) is 157 cm³/mol. The van der Waals surface area contributed by atoms with Crippen molar-refractivity contribution in [2.24, 2.45) is 0 Å². The molecule has 1 aliphatic heterocycles. The zero-order valence-electron chi connectivity index (χ0n) is 23.7. The molecule has 1 atom stereocenters. The standard InChI is InChI=1S/C30H32F3N5O5S/c31-30(32,33)27-14-25(24-9-7-23(8-10-24)18-43-19-29(39)36-20-44(40,41)42)15-28(37-27)38-13-1-2-26(38)17-35-12-11-21-3-5-22(16-34)6-4-21/h3-10,14-15,26,35H,1-2,11-13,17-20H2,(H,36,39)(H,40,41,42)/t26-/m0/s1. The van der Waals surface area contributed by atoms with Crippen molar-refractivity contribution in [3.8, 4) is 17.2 Å². The van der Waals surface area contributed by atoms with E-state index < -0.39 is 40.4 Å². The summed E-state index contributed by atoms with van der Waals surface area (Å²) in [6.07, 6.45) is -2.23. The van der Waals surface area contributed by atoms with E-state index in [-0.39, 0.29) is 18.5 Å². The highest BCUT2D eigenvalue weighted by Gasteiger charge is 2.35. The van der Waals surface area contributed by atoms with Crippen LogP contribution in [-0.4, -0.2) is 62.0 Å². The number of benzene rings is 2. The van der Waals surface area contributed by atoms with E-state index in [0.29, 0.717) is 41.9 Å². The Hall–Kier alpha value is -4.03. The highest BCUT2D eigenvalue weighted by Crippen LogP contribution is 2.35. The maximum Gasteiger partial charge on any atom is 0.433 e. The van der Waals surface area contributed by atoms with Crippen LogP contribution in [-0.2, 0) is 38.9 Å². The number of alkyl halides is 3. The molecule has 1 aromatic heterocycles. The van der Waals surface area contributed by atoms with E-state index >= 15 is 0 Å². The summed E-state index contributed by atoms with van der Waals surface area (Å²) >= 11 is 0. The SMILES string of the molecule is N#Cc1ccc(CCNC[C@@H]2CCCN2c2cc(-c3ccc(COCC(=O)NCS(=O)(=O)O)cc3)cc(C(F)(F)F)n2)cc1. The molecular weight excluding hydrogens is 599 g/mol. The molecule has 0 unspecified atom stereocenters. The van der Waals surface area contributed by atoms with Gasteiger partial charge in [0.05, 0.1) is 18.2 Å². The highest BCUT2D eigenvalue weighted by molar-refractivity contribution is 7.85. The molecule has 10 nitrogen and oxygen atoms in total. The number of carbonyl (C=O) groups excluding carboxylic acids is 1. The minimum absolute atomic E-state index is 0.00259. The Kier molecular flexibility index (Phi) is 10.9. The lowest BCUT2D eigenvalue weighted by molar-refractivity contribution is -0.141. The van der Waals surface area contributed by atoms with Crippen molar-refractivity contribution < 1.29 is 35.7 Å². The third-order valence-corrected chi connectivity index (χ3v) is 7.58.